The second-order valence-electron chi connectivity index (χ2n) is 4.30. The van der Waals surface area contributed by atoms with E-state index in [1.807, 2.05) is 32.3 Å². The smallest absolute Gasteiger partial charge is 0.410 e. The molecule has 0 heterocycles. The molecule has 0 aliphatic rings. The van der Waals surface area contributed by atoms with Crippen molar-refractivity contribution in [2.45, 2.75) is 13.3 Å². The number of hydrogen-bond acceptors (Lipinski definition) is 3. The molecule has 0 N–H and O–H groups in total. The van der Waals surface area contributed by atoms with E-state index < -0.39 is 0 Å². The van der Waals surface area contributed by atoms with Crippen LogP contribution in [0.2, 0.25) is 0 Å². The van der Waals surface area contributed by atoms with E-state index in [0.717, 1.165) is 12.1 Å². The molecular formula is C13H21ClN2O2. The maximum atomic E-state index is 11.4. The predicted octanol–water partition coefficient (Wildman–Crippen LogP) is 2.80. The zero-order valence-corrected chi connectivity index (χ0v) is 12.4. The number of amides is 1. The quantitative estimate of drug-likeness (QED) is 0.848. The van der Waals surface area contributed by atoms with Gasteiger partial charge in [-0.2, -0.15) is 0 Å². The third-order valence-electron chi connectivity index (χ3n) is 2.48. The average Bonchev–Trinajstić information content (AvgIpc) is 2.28. The Balaban J connectivity index is 0.00000289. The van der Waals surface area contributed by atoms with Crippen LogP contribution in [0.5, 0.6) is 5.75 Å². The lowest BCUT2D eigenvalue weighted by Crippen LogP contribution is -2.25. The predicted molar refractivity (Wildman–Crippen MR) is 77.1 cm³/mol. The van der Waals surface area contributed by atoms with Crippen LogP contribution in [0.1, 0.15) is 12.5 Å². The van der Waals surface area contributed by atoms with Crippen molar-refractivity contribution in [3.8, 4) is 5.75 Å². The van der Waals surface area contributed by atoms with E-state index in [0.29, 0.717) is 5.75 Å². The second kappa shape index (κ2) is 7.11. The fraction of sp³-hybridized carbons (Fsp3) is 0.462. The highest BCUT2D eigenvalue weighted by Crippen LogP contribution is 2.24. The molecule has 0 atom stereocenters. The summed E-state index contributed by atoms with van der Waals surface area (Å²) in [5, 5.41) is 0. The summed E-state index contributed by atoms with van der Waals surface area (Å²) in [4.78, 5) is 14.9. The zero-order valence-electron chi connectivity index (χ0n) is 11.6. The lowest BCUT2D eigenvalue weighted by Gasteiger charge is -2.18. The molecule has 0 bridgehead atoms. The summed E-state index contributed by atoms with van der Waals surface area (Å²) in [6.45, 7) is 2.08. The summed E-state index contributed by atoms with van der Waals surface area (Å²) >= 11 is 0. The lowest BCUT2D eigenvalue weighted by molar-refractivity contribution is 0.172. The van der Waals surface area contributed by atoms with Gasteiger partial charge in [0.25, 0.3) is 0 Å². The number of hydrogen-bond donors (Lipinski definition) is 0. The first kappa shape index (κ1) is 16.6. The van der Waals surface area contributed by atoms with Crippen molar-refractivity contribution in [3.05, 3.63) is 23.8 Å². The third-order valence-corrected chi connectivity index (χ3v) is 2.48. The van der Waals surface area contributed by atoms with Crippen molar-refractivity contribution in [2.24, 2.45) is 0 Å². The maximum absolute atomic E-state index is 11.4. The summed E-state index contributed by atoms with van der Waals surface area (Å²) < 4.78 is 5.22. The number of benzene rings is 1. The van der Waals surface area contributed by atoms with Crippen molar-refractivity contribution in [1.82, 2.24) is 4.90 Å². The van der Waals surface area contributed by atoms with Crippen LogP contribution in [-0.2, 0) is 6.42 Å². The van der Waals surface area contributed by atoms with Gasteiger partial charge in [0.15, 0.2) is 0 Å². The molecule has 1 aromatic rings. The summed E-state index contributed by atoms with van der Waals surface area (Å²) in [6.07, 6.45) is 0.547. The van der Waals surface area contributed by atoms with Crippen LogP contribution < -0.4 is 9.64 Å². The monoisotopic (exact) mass is 272 g/mol. The molecule has 0 spiro atoms. The van der Waals surface area contributed by atoms with Gasteiger partial charge in [-0.15, -0.1) is 12.4 Å². The normalized spacial score (nSPS) is 9.39. The average molecular weight is 273 g/mol. The van der Waals surface area contributed by atoms with Gasteiger partial charge >= 0.3 is 6.09 Å². The Bertz CT molecular complexity index is 406. The fourth-order valence-corrected chi connectivity index (χ4v) is 1.54. The SMILES string of the molecule is CCc1cc(OC(=O)N(C)C)ccc1N(C)C.Cl. The number of anilines is 1. The topological polar surface area (TPSA) is 32.8 Å². The van der Waals surface area contributed by atoms with Gasteiger partial charge in [0.2, 0.25) is 0 Å². The van der Waals surface area contributed by atoms with Crippen LogP contribution in [0.15, 0.2) is 18.2 Å². The lowest BCUT2D eigenvalue weighted by atomic mass is 10.1. The molecule has 0 aliphatic heterocycles. The van der Waals surface area contributed by atoms with E-state index >= 15 is 0 Å². The Morgan fingerprint density at radius 1 is 1.22 bits per heavy atom. The molecule has 0 aromatic heterocycles. The minimum Gasteiger partial charge on any atom is -0.410 e. The first-order valence-corrected chi connectivity index (χ1v) is 5.65. The van der Waals surface area contributed by atoms with Crippen LogP contribution in [0.25, 0.3) is 0 Å². The number of carbonyl (C=O) groups is 1. The molecule has 18 heavy (non-hydrogen) atoms. The summed E-state index contributed by atoms with van der Waals surface area (Å²) in [5.74, 6) is 0.589. The minimum atomic E-state index is -0.357. The molecule has 0 unspecified atom stereocenters. The molecule has 0 radical (unpaired) electrons. The molecule has 1 aromatic carbocycles. The molecule has 1 rings (SSSR count). The largest absolute Gasteiger partial charge is 0.414 e. The number of carbonyl (C=O) groups excluding carboxylic acids is 1. The zero-order chi connectivity index (χ0) is 13.0. The van der Waals surface area contributed by atoms with E-state index in [2.05, 4.69) is 11.8 Å². The number of aryl methyl sites for hydroxylation is 1. The van der Waals surface area contributed by atoms with Gasteiger partial charge in [-0.25, -0.2) is 4.79 Å². The Morgan fingerprint density at radius 3 is 2.28 bits per heavy atom. The molecular weight excluding hydrogens is 252 g/mol. The molecule has 1 amide bonds. The van der Waals surface area contributed by atoms with Gasteiger partial charge in [-0.1, -0.05) is 6.92 Å². The minimum absolute atomic E-state index is 0. The highest BCUT2D eigenvalue weighted by atomic mass is 35.5. The van der Waals surface area contributed by atoms with Crippen LogP contribution in [0.4, 0.5) is 10.5 Å². The number of halogens is 1. The van der Waals surface area contributed by atoms with E-state index in [9.17, 15) is 4.79 Å². The Morgan fingerprint density at radius 2 is 1.83 bits per heavy atom. The summed E-state index contributed by atoms with van der Waals surface area (Å²) in [5.41, 5.74) is 2.32. The highest BCUT2D eigenvalue weighted by molar-refractivity contribution is 5.85. The number of rotatable bonds is 3. The van der Waals surface area contributed by atoms with Crippen LogP contribution >= 0.6 is 12.4 Å². The summed E-state index contributed by atoms with van der Waals surface area (Å²) in [7, 11) is 7.33. The van der Waals surface area contributed by atoms with Crippen molar-refractivity contribution in [3.63, 3.8) is 0 Å². The van der Waals surface area contributed by atoms with Gasteiger partial charge in [0.1, 0.15) is 5.75 Å². The second-order valence-corrected chi connectivity index (χ2v) is 4.30. The van der Waals surface area contributed by atoms with E-state index in [1.54, 1.807) is 14.1 Å². The molecule has 5 heteroatoms. The van der Waals surface area contributed by atoms with E-state index in [-0.39, 0.29) is 18.5 Å². The maximum Gasteiger partial charge on any atom is 0.414 e. The van der Waals surface area contributed by atoms with Gasteiger partial charge < -0.3 is 14.5 Å². The first-order valence-electron chi connectivity index (χ1n) is 5.65. The molecule has 0 saturated heterocycles. The Labute approximate surface area is 115 Å². The van der Waals surface area contributed by atoms with Crippen molar-refractivity contribution < 1.29 is 9.53 Å². The highest BCUT2D eigenvalue weighted by Gasteiger charge is 2.09. The standard InChI is InChI=1S/C13H20N2O2.ClH/c1-6-10-9-11(17-13(16)15(4)5)7-8-12(10)14(2)3;/h7-9H,6H2,1-5H3;1H. The van der Waals surface area contributed by atoms with Gasteiger partial charge in [0.05, 0.1) is 0 Å². The molecule has 0 fully saturated rings. The van der Waals surface area contributed by atoms with Crippen LogP contribution in [0, 0.1) is 0 Å². The van der Waals surface area contributed by atoms with Crippen molar-refractivity contribution in [2.75, 3.05) is 33.1 Å². The molecule has 0 aliphatic carbocycles. The van der Waals surface area contributed by atoms with Crippen molar-refractivity contribution in [1.29, 1.82) is 0 Å². The van der Waals surface area contributed by atoms with Crippen LogP contribution in [0.3, 0.4) is 0 Å². The molecule has 0 saturated carbocycles. The third kappa shape index (κ3) is 4.11. The van der Waals surface area contributed by atoms with Gasteiger partial charge in [-0.05, 0) is 30.2 Å². The number of ether oxygens (including phenoxy) is 1. The van der Waals surface area contributed by atoms with Crippen LogP contribution in [-0.4, -0.2) is 39.2 Å². The Hall–Kier alpha value is -1.42. The van der Waals surface area contributed by atoms with E-state index in [1.165, 1.54) is 10.5 Å². The molecule has 4 nitrogen and oxygen atoms in total. The first-order chi connectivity index (χ1) is 7.95. The summed E-state index contributed by atoms with van der Waals surface area (Å²) in [6, 6.07) is 5.70. The fourth-order valence-electron chi connectivity index (χ4n) is 1.54. The van der Waals surface area contributed by atoms with E-state index in [4.69, 9.17) is 4.74 Å². The van der Waals surface area contributed by atoms with Crippen molar-refractivity contribution >= 4 is 24.2 Å². The molecule has 102 valence electrons. The van der Waals surface area contributed by atoms with Gasteiger partial charge in [0, 0.05) is 33.9 Å². The number of nitrogens with zero attached hydrogens (tertiary/aromatic N) is 2. The Kier molecular flexibility index (Phi) is 6.55. The van der Waals surface area contributed by atoms with Gasteiger partial charge in [-0.3, -0.25) is 0 Å².